The van der Waals surface area contributed by atoms with Crippen molar-refractivity contribution in [2.45, 2.75) is 25.9 Å². The largest absolute Gasteiger partial charge is 0.353 e. The third-order valence-corrected chi connectivity index (χ3v) is 4.13. The van der Waals surface area contributed by atoms with E-state index in [9.17, 15) is 9.18 Å². The van der Waals surface area contributed by atoms with E-state index in [2.05, 4.69) is 26.1 Å². The van der Waals surface area contributed by atoms with Gasteiger partial charge in [-0.3, -0.25) is 9.69 Å². The van der Waals surface area contributed by atoms with E-state index >= 15 is 0 Å². The van der Waals surface area contributed by atoms with Gasteiger partial charge in [0.25, 0.3) is 0 Å². The lowest BCUT2D eigenvalue weighted by Gasteiger charge is -2.41. The Bertz CT molecular complexity index is 476. The van der Waals surface area contributed by atoms with Crippen molar-refractivity contribution in [2.75, 3.05) is 13.1 Å². The summed E-state index contributed by atoms with van der Waals surface area (Å²) >= 11 is 3.36. The number of rotatable bonds is 2. The number of nitrogens with zero attached hydrogens (tertiary/aromatic N) is 1. The van der Waals surface area contributed by atoms with E-state index < -0.39 is 5.54 Å². The van der Waals surface area contributed by atoms with Gasteiger partial charge in [-0.05, 0) is 31.5 Å². The Morgan fingerprint density at radius 1 is 1.50 bits per heavy atom. The van der Waals surface area contributed by atoms with Gasteiger partial charge in [0.2, 0.25) is 5.91 Å². The number of hydrogen-bond acceptors (Lipinski definition) is 2. The van der Waals surface area contributed by atoms with Crippen LogP contribution in [0.25, 0.3) is 0 Å². The van der Waals surface area contributed by atoms with Gasteiger partial charge in [0.05, 0.1) is 5.54 Å². The summed E-state index contributed by atoms with van der Waals surface area (Å²) in [7, 11) is 0. The van der Waals surface area contributed by atoms with E-state index in [1.807, 2.05) is 13.8 Å². The summed E-state index contributed by atoms with van der Waals surface area (Å²) in [4.78, 5) is 13.9. The van der Waals surface area contributed by atoms with Gasteiger partial charge in [-0.15, -0.1) is 0 Å². The zero-order valence-corrected chi connectivity index (χ0v) is 12.1. The lowest BCUT2D eigenvalue weighted by atomic mass is 9.98. The molecule has 1 heterocycles. The van der Waals surface area contributed by atoms with Crippen LogP contribution in [0.2, 0.25) is 0 Å². The van der Waals surface area contributed by atoms with Crippen LogP contribution in [0, 0.1) is 5.82 Å². The summed E-state index contributed by atoms with van der Waals surface area (Å²) < 4.78 is 13.8. The fourth-order valence-electron chi connectivity index (χ4n) is 2.08. The Balaban J connectivity index is 2.20. The zero-order valence-electron chi connectivity index (χ0n) is 10.5. The van der Waals surface area contributed by atoms with Gasteiger partial charge in [0.1, 0.15) is 5.82 Å². The van der Waals surface area contributed by atoms with E-state index in [1.165, 1.54) is 12.1 Å². The highest BCUT2D eigenvalue weighted by Crippen LogP contribution is 2.25. The van der Waals surface area contributed by atoms with Crippen molar-refractivity contribution in [3.63, 3.8) is 0 Å². The average Bonchev–Trinajstić information content (AvgIpc) is 2.28. The number of amides is 1. The molecule has 0 bridgehead atoms. The minimum absolute atomic E-state index is 0.0342. The Hall–Kier alpha value is -0.940. The second-order valence-electron chi connectivity index (χ2n) is 4.97. The van der Waals surface area contributed by atoms with E-state index in [4.69, 9.17) is 0 Å². The first-order valence-corrected chi connectivity index (χ1v) is 6.68. The molecule has 1 aliphatic heterocycles. The highest BCUT2D eigenvalue weighted by Gasteiger charge is 2.37. The lowest BCUT2D eigenvalue weighted by molar-refractivity contribution is -0.135. The van der Waals surface area contributed by atoms with Crippen LogP contribution in [-0.2, 0) is 11.3 Å². The van der Waals surface area contributed by atoms with E-state index in [-0.39, 0.29) is 11.7 Å². The number of carbonyl (C=O) groups excluding carboxylic acids is 1. The molecule has 0 unspecified atom stereocenters. The van der Waals surface area contributed by atoms with Crippen LogP contribution in [0.1, 0.15) is 19.4 Å². The minimum Gasteiger partial charge on any atom is -0.353 e. The normalized spacial score (nSPS) is 19.7. The second-order valence-corrected chi connectivity index (χ2v) is 5.83. The quantitative estimate of drug-likeness (QED) is 0.908. The molecule has 0 aromatic heterocycles. The molecule has 0 saturated carbocycles. The van der Waals surface area contributed by atoms with Crippen molar-refractivity contribution in [3.8, 4) is 0 Å². The van der Waals surface area contributed by atoms with Crippen LogP contribution in [0.4, 0.5) is 4.39 Å². The van der Waals surface area contributed by atoms with Gasteiger partial charge in [0.15, 0.2) is 0 Å². The number of halogens is 2. The Morgan fingerprint density at radius 2 is 2.22 bits per heavy atom. The summed E-state index contributed by atoms with van der Waals surface area (Å²) in [6.45, 7) is 5.88. The highest BCUT2D eigenvalue weighted by atomic mass is 79.9. The molecule has 1 aromatic carbocycles. The topological polar surface area (TPSA) is 32.3 Å². The molecule has 2 rings (SSSR count). The predicted octanol–water partition coefficient (Wildman–Crippen LogP) is 2.30. The van der Waals surface area contributed by atoms with E-state index in [0.29, 0.717) is 13.1 Å². The first-order valence-electron chi connectivity index (χ1n) is 5.88. The molecular formula is C13H16BrFN2O. The molecular weight excluding hydrogens is 299 g/mol. The highest BCUT2D eigenvalue weighted by molar-refractivity contribution is 9.10. The lowest BCUT2D eigenvalue weighted by Crippen LogP contribution is -2.61. The fraction of sp³-hybridized carbons (Fsp3) is 0.462. The molecule has 1 fully saturated rings. The third-order valence-electron chi connectivity index (χ3n) is 3.39. The van der Waals surface area contributed by atoms with Gasteiger partial charge in [-0.2, -0.15) is 0 Å². The van der Waals surface area contributed by atoms with Crippen molar-refractivity contribution < 1.29 is 9.18 Å². The van der Waals surface area contributed by atoms with Crippen LogP contribution in [0.5, 0.6) is 0 Å². The number of nitrogens with one attached hydrogen (secondary N) is 1. The van der Waals surface area contributed by atoms with Crippen molar-refractivity contribution >= 4 is 21.8 Å². The molecule has 1 amide bonds. The number of benzene rings is 1. The van der Waals surface area contributed by atoms with Crippen LogP contribution < -0.4 is 5.32 Å². The maximum Gasteiger partial charge on any atom is 0.240 e. The van der Waals surface area contributed by atoms with Crippen molar-refractivity contribution in [2.24, 2.45) is 0 Å². The van der Waals surface area contributed by atoms with Gasteiger partial charge < -0.3 is 5.32 Å². The molecule has 1 aromatic rings. The molecule has 1 N–H and O–H groups in total. The van der Waals surface area contributed by atoms with Crippen molar-refractivity contribution in [1.82, 2.24) is 10.2 Å². The Morgan fingerprint density at radius 3 is 2.89 bits per heavy atom. The maximum absolute atomic E-state index is 13.0. The zero-order chi connectivity index (χ0) is 13.3. The molecule has 1 aliphatic rings. The number of piperazine rings is 1. The fourth-order valence-corrected chi connectivity index (χ4v) is 2.55. The molecule has 0 radical (unpaired) electrons. The summed E-state index contributed by atoms with van der Waals surface area (Å²) in [5.41, 5.74) is 0.450. The molecule has 3 nitrogen and oxygen atoms in total. The smallest absolute Gasteiger partial charge is 0.240 e. The molecule has 5 heteroatoms. The summed E-state index contributed by atoms with van der Waals surface area (Å²) in [6, 6.07) is 4.64. The molecule has 0 spiro atoms. The molecule has 18 heavy (non-hydrogen) atoms. The van der Waals surface area contributed by atoms with E-state index in [0.717, 1.165) is 16.6 Å². The second kappa shape index (κ2) is 4.97. The average molecular weight is 315 g/mol. The van der Waals surface area contributed by atoms with Crippen molar-refractivity contribution in [1.29, 1.82) is 0 Å². The third kappa shape index (κ3) is 2.57. The standard InChI is InChI=1S/C13H16BrFN2O/c1-13(2)12(18)16-5-6-17(13)8-9-3-4-10(15)7-11(9)14/h3-4,7H,5-6,8H2,1-2H3,(H,16,18). The van der Waals surface area contributed by atoms with Crippen LogP contribution in [-0.4, -0.2) is 29.4 Å². The van der Waals surface area contributed by atoms with Gasteiger partial charge in [-0.1, -0.05) is 22.0 Å². The van der Waals surface area contributed by atoms with Crippen LogP contribution in [0.3, 0.4) is 0 Å². The Labute approximate surface area is 114 Å². The monoisotopic (exact) mass is 314 g/mol. The first kappa shape index (κ1) is 13.5. The summed E-state index contributed by atoms with van der Waals surface area (Å²) in [6.07, 6.45) is 0. The Kier molecular flexibility index (Phi) is 3.73. The van der Waals surface area contributed by atoms with E-state index in [1.54, 1.807) is 6.07 Å². The maximum atomic E-state index is 13.0. The van der Waals surface area contributed by atoms with Crippen molar-refractivity contribution in [3.05, 3.63) is 34.1 Å². The molecule has 98 valence electrons. The first-order chi connectivity index (χ1) is 8.41. The minimum atomic E-state index is -0.536. The predicted molar refractivity (Wildman–Crippen MR) is 71.6 cm³/mol. The van der Waals surface area contributed by atoms with Gasteiger partial charge >= 0.3 is 0 Å². The number of carbonyl (C=O) groups is 1. The molecule has 1 saturated heterocycles. The molecule has 0 atom stereocenters. The SMILES string of the molecule is CC1(C)C(=O)NCCN1Cc1ccc(F)cc1Br. The van der Waals surface area contributed by atoms with Crippen LogP contribution in [0.15, 0.2) is 22.7 Å². The summed E-state index contributed by atoms with van der Waals surface area (Å²) in [5.74, 6) is -0.228. The summed E-state index contributed by atoms with van der Waals surface area (Å²) in [5, 5.41) is 2.86. The molecule has 0 aliphatic carbocycles. The number of hydrogen-bond donors (Lipinski definition) is 1. The van der Waals surface area contributed by atoms with Gasteiger partial charge in [0, 0.05) is 24.1 Å². The van der Waals surface area contributed by atoms with Gasteiger partial charge in [-0.25, -0.2) is 4.39 Å². The van der Waals surface area contributed by atoms with Crippen LogP contribution >= 0.6 is 15.9 Å².